The summed E-state index contributed by atoms with van der Waals surface area (Å²) < 4.78 is 7.07. The second-order valence-electron chi connectivity index (χ2n) is 7.38. The van der Waals surface area contributed by atoms with Gasteiger partial charge in [0, 0.05) is 31.6 Å². The normalized spacial score (nSPS) is 15.7. The molecule has 1 aliphatic rings. The third-order valence-corrected chi connectivity index (χ3v) is 5.47. The zero-order chi connectivity index (χ0) is 18.3. The van der Waals surface area contributed by atoms with Crippen LogP contribution in [-0.2, 0) is 5.41 Å². The van der Waals surface area contributed by atoms with Gasteiger partial charge in [-0.1, -0.05) is 32.1 Å². The van der Waals surface area contributed by atoms with Crippen LogP contribution in [0.15, 0.2) is 18.6 Å². The molecule has 3 aromatic rings. The number of piperazine rings is 1. The van der Waals surface area contributed by atoms with Crippen molar-refractivity contribution in [2.45, 2.75) is 26.2 Å². The van der Waals surface area contributed by atoms with Crippen molar-refractivity contribution >= 4 is 27.2 Å². The lowest BCUT2D eigenvalue weighted by Crippen LogP contribution is -2.46. The lowest BCUT2D eigenvalue weighted by molar-refractivity contribution is 0.395. The molecule has 3 aromatic heterocycles. The third-order valence-electron chi connectivity index (χ3n) is 4.48. The van der Waals surface area contributed by atoms with Gasteiger partial charge < -0.3 is 14.5 Å². The Balaban J connectivity index is 1.46. The summed E-state index contributed by atoms with van der Waals surface area (Å²) >= 11 is 1.64. The molecular formula is C17H23N7OS. The van der Waals surface area contributed by atoms with Crippen LogP contribution in [0.4, 0.5) is 10.9 Å². The number of aromatic nitrogens is 5. The van der Waals surface area contributed by atoms with Gasteiger partial charge in [0.05, 0.1) is 31.4 Å². The monoisotopic (exact) mass is 373 g/mol. The summed E-state index contributed by atoms with van der Waals surface area (Å²) in [6.45, 7) is 10.0. The molecule has 0 aromatic carbocycles. The van der Waals surface area contributed by atoms with Crippen LogP contribution < -0.4 is 14.5 Å². The number of anilines is 2. The highest BCUT2D eigenvalue weighted by Gasteiger charge is 2.24. The predicted molar refractivity (Wildman–Crippen MR) is 103 cm³/mol. The summed E-state index contributed by atoms with van der Waals surface area (Å²) in [5, 5.41) is 5.75. The lowest BCUT2D eigenvalue weighted by atomic mass is 9.93. The molecule has 0 amide bonds. The Morgan fingerprint density at radius 3 is 2.42 bits per heavy atom. The Kier molecular flexibility index (Phi) is 4.18. The van der Waals surface area contributed by atoms with Gasteiger partial charge in [-0.25, -0.2) is 9.50 Å². The van der Waals surface area contributed by atoms with Crippen LogP contribution in [0, 0.1) is 0 Å². The van der Waals surface area contributed by atoms with Gasteiger partial charge in [-0.15, -0.1) is 5.10 Å². The van der Waals surface area contributed by atoms with Crippen LogP contribution in [0.25, 0.3) is 4.96 Å². The summed E-state index contributed by atoms with van der Waals surface area (Å²) in [5.74, 6) is 1.40. The Morgan fingerprint density at radius 1 is 1.04 bits per heavy atom. The average molecular weight is 373 g/mol. The predicted octanol–water partition coefficient (Wildman–Crippen LogP) is 2.21. The van der Waals surface area contributed by atoms with E-state index in [9.17, 15) is 0 Å². The zero-order valence-electron chi connectivity index (χ0n) is 15.5. The molecule has 0 radical (unpaired) electrons. The maximum Gasteiger partial charge on any atom is 0.233 e. The molecular weight excluding hydrogens is 350 g/mol. The van der Waals surface area contributed by atoms with E-state index in [0.717, 1.165) is 47.8 Å². The lowest BCUT2D eigenvalue weighted by Gasteiger charge is -2.34. The molecule has 26 heavy (non-hydrogen) atoms. The van der Waals surface area contributed by atoms with Crippen molar-refractivity contribution in [3.05, 3.63) is 24.3 Å². The number of ether oxygens (including phenoxy) is 1. The summed E-state index contributed by atoms with van der Waals surface area (Å²) in [5.41, 5.74) is 1.11. The van der Waals surface area contributed by atoms with Gasteiger partial charge in [0.25, 0.3) is 0 Å². The van der Waals surface area contributed by atoms with E-state index in [0.29, 0.717) is 5.88 Å². The van der Waals surface area contributed by atoms with Crippen LogP contribution in [-0.4, -0.2) is 57.9 Å². The van der Waals surface area contributed by atoms with Crippen LogP contribution in [0.2, 0.25) is 0 Å². The van der Waals surface area contributed by atoms with Crippen LogP contribution in [0.5, 0.6) is 5.88 Å². The second kappa shape index (κ2) is 6.39. The molecule has 0 atom stereocenters. The molecule has 4 heterocycles. The van der Waals surface area contributed by atoms with Gasteiger partial charge in [0.15, 0.2) is 5.82 Å². The molecule has 0 aliphatic carbocycles. The molecule has 8 nitrogen and oxygen atoms in total. The van der Waals surface area contributed by atoms with Crippen LogP contribution >= 0.6 is 11.3 Å². The van der Waals surface area contributed by atoms with E-state index >= 15 is 0 Å². The van der Waals surface area contributed by atoms with Crippen molar-refractivity contribution in [2.75, 3.05) is 43.1 Å². The smallest absolute Gasteiger partial charge is 0.233 e. The maximum absolute atomic E-state index is 5.17. The van der Waals surface area contributed by atoms with Crippen LogP contribution in [0.3, 0.4) is 0 Å². The fraction of sp³-hybridized carbons (Fsp3) is 0.529. The van der Waals surface area contributed by atoms with Gasteiger partial charge in [-0.05, 0) is 0 Å². The van der Waals surface area contributed by atoms with E-state index < -0.39 is 0 Å². The number of rotatable bonds is 3. The number of nitrogens with zero attached hydrogens (tertiary/aromatic N) is 7. The summed E-state index contributed by atoms with van der Waals surface area (Å²) in [6, 6.07) is 0. The molecule has 0 spiro atoms. The molecule has 1 fully saturated rings. The van der Waals surface area contributed by atoms with Crippen molar-refractivity contribution < 1.29 is 4.74 Å². The summed E-state index contributed by atoms with van der Waals surface area (Å²) in [6.07, 6.45) is 5.44. The van der Waals surface area contributed by atoms with Gasteiger partial charge in [0.2, 0.25) is 16.0 Å². The molecule has 0 N–H and O–H groups in total. The van der Waals surface area contributed by atoms with Gasteiger partial charge in [-0.3, -0.25) is 4.98 Å². The molecule has 0 bridgehead atoms. The molecule has 1 saturated heterocycles. The highest BCUT2D eigenvalue weighted by Crippen LogP contribution is 2.28. The van der Waals surface area contributed by atoms with E-state index in [4.69, 9.17) is 14.8 Å². The Bertz CT molecular complexity index is 874. The Labute approximate surface area is 156 Å². The molecule has 9 heteroatoms. The highest BCUT2D eigenvalue weighted by molar-refractivity contribution is 7.20. The van der Waals surface area contributed by atoms with Gasteiger partial charge in [-0.2, -0.15) is 4.98 Å². The standard InChI is InChI=1S/C17H23N7OS/c1-17(2,3)12-11-24-15(19-12)26-16(21-24)23-7-5-22(6-8-23)13-9-18-10-14(20-13)25-4/h9-11H,5-8H2,1-4H3. The molecule has 138 valence electrons. The van der Waals surface area contributed by atoms with Crippen molar-refractivity contribution in [3.8, 4) is 5.88 Å². The van der Waals surface area contributed by atoms with Gasteiger partial charge in [0.1, 0.15) is 0 Å². The average Bonchev–Trinajstić information content (AvgIpc) is 3.21. The number of hydrogen-bond acceptors (Lipinski definition) is 8. The number of imidazole rings is 1. The van der Waals surface area contributed by atoms with Crippen LogP contribution in [0.1, 0.15) is 26.5 Å². The minimum atomic E-state index is 0.0387. The first-order chi connectivity index (χ1) is 12.4. The first-order valence-electron chi connectivity index (χ1n) is 8.67. The molecule has 1 aliphatic heterocycles. The SMILES string of the molecule is COc1cncc(N2CCN(c3nn4cc(C(C)(C)C)nc4s3)CC2)n1. The van der Waals surface area contributed by atoms with E-state index in [2.05, 4.69) is 40.5 Å². The quantitative estimate of drug-likeness (QED) is 0.697. The molecule has 0 saturated carbocycles. The summed E-state index contributed by atoms with van der Waals surface area (Å²) in [4.78, 5) is 18.9. The minimum absolute atomic E-state index is 0.0387. The van der Waals surface area contributed by atoms with E-state index in [-0.39, 0.29) is 5.41 Å². The minimum Gasteiger partial charge on any atom is -0.480 e. The topological polar surface area (TPSA) is 71.7 Å². The van der Waals surface area contributed by atoms with E-state index in [1.807, 2.05) is 10.7 Å². The van der Waals surface area contributed by atoms with E-state index in [1.54, 1.807) is 30.8 Å². The maximum atomic E-state index is 5.17. The third kappa shape index (κ3) is 3.18. The summed E-state index contributed by atoms with van der Waals surface area (Å²) in [7, 11) is 1.61. The fourth-order valence-corrected chi connectivity index (χ4v) is 3.83. The molecule has 0 unspecified atom stereocenters. The van der Waals surface area contributed by atoms with Crippen molar-refractivity contribution in [1.29, 1.82) is 0 Å². The Morgan fingerprint density at radius 2 is 1.77 bits per heavy atom. The van der Waals surface area contributed by atoms with Crippen molar-refractivity contribution in [2.24, 2.45) is 0 Å². The molecule has 4 rings (SSSR count). The fourth-order valence-electron chi connectivity index (χ4n) is 2.89. The van der Waals surface area contributed by atoms with Crippen molar-refractivity contribution in [3.63, 3.8) is 0 Å². The zero-order valence-corrected chi connectivity index (χ0v) is 16.3. The largest absolute Gasteiger partial charge is 0.480 e. The second-order valence-corrected chi connectivity index (χ2v) is 8.32. The number of hydrogen-bond donors (Lipinski definition) is 0. The Hall–Kier alpha value is -2.42. The van der Waals surface area contributed by atoms with Gasteiger partial charge >= 0.3 is 0 Å². The number of fused-ring (bicyclic) bond motifs is 1. The highest BCUT2D eigenvalue weighted by atomic mass is 32.1. The number of methoxy groups -OCH3 is 1. The first kappa shape index (κ1) is 17.0. The van der Waals surface area contributed by atoms with Crippen molar-refractivity contribution in [1.82, 2.24) is 24.6 Å². The van der Waals surface area contributed by atoms with E-state index in [1.165, 1.54) is 0 Å². The first-order valence-corrected chi connectivity index (χ1v) is 9.48.